The maximum absolute atomic E-state index is 12.4. The predicted octanol–water partition coefficient (Wildman–Crippen LogP) is 3.10. The lowest BCUT2D eigenvalue weighted by molar-refractivity contribution is -0.125. The van der Waals surface area contributed by atoms with E-state index in [1.54, 1.807) is 56.6 Å². The van der Waals surface area contributed by atoms with E-state index in [1.165, 1.54) is 16.7 Å². The Kier molecular flexibility index (Phi) is 6.61. The Balaban J connectivity index is 2.07. The van der Waals surface area contributed by atoms with Gasteiger partial charge >= 0.3 is 5.97 Å². The molecule has 2 aromatic rings. The highest BCUT2D eigenvalue weighted by atomic mass is 32.2. The van der Waals surface area contributed by atoms with Crippen molar-refractivity contribution < 1.29 is 14.3 Å². The molecule has 0 N–H and O–H groups in total. The van der Waals surface area contributed by atoms with Crippen LogP contribution in [0.2, 0.25) is 0 Å². The van der Waals surface area contributed by atoms with Crippen molar-refractivity contribution in [3.05, 3.63) is 65.2 Å². The lowest BCUT2D eigenvalue weighted by Gasteiger charge is -2.12. The molecular formula is C19H18N2O3S. The molecule has 2 aromatic carbocycles. The quantitative estimate of drug-likeness (QED) is 0.589. The first-order valence-corrected chi connectivity index (χ1v) is 8.58. The molecule has 0 atom stereocenters. The molecule has 1 amide bonds. The standard InChI is InChI=1S/C19H18N2O3S/c1-21(2)18(22)13-25-17-10-6-5-9-16(17)19(23)24-12-15-8-4-3-7-14(15)11-20/h3-10H,12-13H2,1-2H3. The summed E-state index contributed by atoms with van der Waals surface area (Å²) in [6, 6.07) is 16.1. The second kappa shape index (κ2) is 8.90. The van der Waals surface area contributed by atoms with Crippen molar-refractivity contribution in [3.8, 4) is 6.07 Å². The maximum atomic E-state index is 12.4. The zero-order valence-corrected chi connectivity index (χ0v) is 14.9. The van der Waals surface area contributed by atoms with Gasteiger partial charge in [-0.3, -0.25) is 4.79 Å². The first-order valence-electron chi connectivity index (χ1n) is 7.60. The van der Waals surface area contributed by atoms with Gasteiger partial charge in [0.05, 0.1) is 22.9 Å². The third-order valence-corrected chi connectivity index (χ3v) is 4.51. The number of nitriles is 1. The zero-order chi connectivity index (χ0) is 18.2. The molecule has 0 unspecified atom stereocenters. The molecule has 0 heterocycles. The third kappa shape index (κ3) is 5.10. The van der Waals surface area contributed by atoms with Gasteiger partial charge in [-0.25, -0.2) is 4.79 Å². The zero-order valence-electron chi connectivity index (χ0n) is 14.1. The molecule has 25 heavy (non-hydrogen) atoms. The molecule has 5 nitrogen and oxygen atoms in total. The molecular weight excluding hydrogens is 336 g/mol. The van der Waals surface area contributed by atoms with Gasteiger partial charge in [0.25, 0.3) is 0 Å². The molecule has 128 valence electrons. The molecule has 0 aliphatic carbocycles. The summed E-state index contributed by atoms with van der Waals surface area (Å²) in [6.45, 7) is 0.0260. The Morgan fingerprint density at radius 2 is 1.80 bits per heavy atom. The van der Waals surface area contributed by atoms with Crippen molar-refractivity contribution in [1.29, 1.82) is 5.26 Å². The fourth-order valence-electron chi connectivity index (χ4n) is 2.01. The Bertz CT molecular complexity index is 812. The van der Waals surface area contributed by atoms with Crippen LogP contribution in [-0.4, -0.2) is 36.6 Å². The average molecular weight is 354 g/mol. The van der Waals surface area contributed by atoms with Crippen LogP contribution in [0.25, 0.3) is 0 Å². The van der Waals surface area contributed by atoms with Gasteiger partial charge in [0.2, 0.25) is 5.91 Å². The largest absolute Gasteiger partial charge is 0.457 e. The SMILES string of the molecule is CN(C)C(=O)CSc1ccccc1C(=O)OCc1ccccc1C#N. The molecule has 0 spiro atoms. The first-order chi connectivity index (χ1) is 12.0. The van der Waals surface area contributed by atoms with Crippen molar-refractivity contribution >= 4 is 23.6 Å². The lowest BCUT2D eigenvalue weighted by Crippen LogP contribution is -2.23. The van der Waals surface area contributed by atoms with Crippen LogP contribution in [0.3, 0.4) is 0 Å². The topological polar surface area (TPSA) is 70.4 Å². The molecule has 0 radical (unpaired) electrons. The van der Waals surface area contributed by atoms with Crippen LogP contribution < -0.4 is 0 Å². The average Bonchev–Trinajstić information content (AvgIpc) is 2.64. The monoisotopic (exact) mass is 354 g/mol. The van der Waals surface area contributed by atoms with Crippen LogP contribution in [0.4, 0.5) is 0 Å². The number of amides is 1. The van der Waals surface area contributed by atoms with Crippen molar-refractivity contribution in [2.45, 2.75) is 11.5 Å². The summed E-state index contributed by atoms with van der Waals surface area (Å²) < 4.78 is 5.35. The highest BCUT2D eigenvalue weighted by Crippen LogP contribution is 2.24. The molecule has 0 bridgehead atoms. The van der Waals surface area contributed by atoms with E-state index in [-0.39, 0.29) is 18.3 Å². The molecule has 0 aromatic heterocycles. The van der Waals surface area contributed by atoms with Crippen LogP contribution in [0, 0.1) is 11.3 Å². The number of rotatable bonds is 6. The summed E-state index contributed by atoms with van der Waals surface area (Å²) in [5, 5.41) is 9.08. The number of esters is 1. The molecule has 6 heteroatoms. The van der Waals surface area contributed by atoms with E-state index >= 15 is 0 Å². The molecule has 0 aliphatic rings. The summed E-state index contributed by atoms with van der Waals surface area (Å²) in [6.07, 6.45) is 0. The predicted molar refractivity (Wildman–Crippen MR) is 96.1 cm³/mol. The Labute approximate surface area is 151 Å². The number of hydrogen-bond donors (Lipinski definition) is 0. The van der Waals surface area contributed by atoms with E-state index in [2.05, 4.69) is 6.07 Å². The highest BCUT2D eigenvalue weighted by molar-refractivity contribution is 8.00. The smallest absolute Gasteiger partial charge is 0.339 e. The number of carbonyl (C=O) groups excluding carboxylic acids is 2. The minimum absolute atomic E-state index is 0.0260. The number of nitrogens with zero attached hydrogens (tertiary/aromatic N) is 2. The highest BCUT2D eigenvalue weighted by Gasteiger charge is 2.15. The minimum atomic E-state index is -0.479. The summed E-state index contributed by atoms with van der Waals surface area (Å²) in [5.74, 6) is -0.265. The Morgan fingerprint density at radius 1 is 1.12 bits per heavy atom. The fourth-order valence-corrected chi connectivity index (χ4v) is 3.02. The molecule has 2 rings (SSSR count). The third-order valence-electron chi connectivity index (χ3n) is 3.45. The van der Waals surface area contributed by atoms with Crippen molar-refractivity contribution in [1.82, 2.24) is 4.90 Å². The Hall–Kier alpha value is -2.78. The van der Waals surface area contributed by atoms with Crippen LogP contribution >= 0.6 is 11.8 Å². The summed E-state index contributed by atoms with van der Waals surface area (Å²) in [7, 11) is 3.38. The van der Waals surface area contributed by atoms with Gasteiger partial charge < -0.3 is 9.64 Å². The van der Waals surface area contributed by atoms with Crippen LogP contribution in [0.5, 0.6) is 0 Å². The molecule has 0 saturated heterocycles. The molecule has 0 aliphatic heterocycles. The number of hydrogen-bond acceptors (Lipinski definition) is 5. The molecule has 0 fully saturated rings. The van der Waals surface area contributed by atoms with Gasteiger partial charge in [-0.05, 0) is 18.2 Å². The fraction of sp³-hybridized carbons (Fsp3) is 0.211. The first kappa shape index (κ1) is 18.6. The summed E-state index contributed by atoms with van der Waals surface area (Å²) in [4.78, 5) is 26.3. The van der Waals surface area contributed by atoms with Crippen molar-refractivity contribution in [2.24, 2.45) is 0 Å². The van der Waals surface area contributed by atoms with Gasteiger partial charge in [-0.1, -0.05) is 30.3 Å². The van der Waals surface area contributed by atoms with Gasteiger partial charge in [0.1, 0.15) is 6.61 Å². The second-order valence-electron chi connectivity index (χ2n) is 5.42. The lowest BCUT2D eigenvalue weighted by atomic mass is 10.1. The second-order valence-corrected chi connectivity index (χ2v) is 6.44. The number of ether oxygens (including phenoxy) is 1. The van der Waals surface area contributed by atoms with Crippen molar-refractivity contribution in [3.63, 3.8) is 0 Å². The van der Waals surface area contributed by atoms with Gasteiger partial charge in [-0.15, -0.1) is 11.8 Å². The van der Waals surface area contributed by atoms with Crippen LogP contribution in [-0.2, 0) is 16.1 Å². The summed E-state index contributed by atoms with van der Waals surface area (Å²) >= 11 is 1.30. The summed E-state index contributed by atoms with van der Waals surface area (Å²) in [5.41, 5.74) is 1.55. The number of carbonyl (C=O) groups is 2. The van der Waals surface area contributed by atoms with Gasteiger partial charge in [-0.2, -0.15) is 5.26 Å². The van der Waals surface area contributed by atoms with Gasteiger partial charge in [0, 0.05) is 24.6 Å². The minimum Gasteiger partial charge on any atom is -0.457 e. The van der Waals surface area contributed by atoms with E-state index in [4.69, 9.17) is 10.00 Å². The van der Waals surface area contributed by atoms with Gasteiger partial charge in [0.15, 0.2) is 0 Å². The van der Waals surface area contributed by atoms with E-state index in [0.29, 0.717) is 21.6 Å². The number of benzene rings is 2. The van der Waals surface area contributed by atoms with E-state index in [1.807, 2.05) is 6.07 Å². The Morgan fingerprint density at radius 3 is 2.52 bits per heavy atom. The van der Waals surface area contributed by atoms with Crippen LogP contribution in [0.15, 0.2) is 53.4 Å². The van der Waals surface area contributed by atoms with E-state index in [0.717, 1.165) is 0 Å². The van der Waals surface area contributed by atoms with Crippen LogP contribution in [0.1, 0.15) is 21.5 Å². The normalized spacial score (nSPS) is 9.96. The van der Waals surface area contributed by atoms with Crippen molar-refractivity contribution in [2.75, 3.05) is 19.8 Å². The molecule has 0 saturated carbocycles. The van der Waals surface area contributed by atoms with E-state index in [9.17, 15) is 9.59 Å². The maximum Gasteiger partial charge on any atom is 0.339 e. The number of thioether (sulfide) groups is 1. The van der Waals surface area contributed by atoms with E-state index < -0.39 is 5.97 Å².